The van der Waals surface area contributed by atoms with E-state index in [2.05, 4.69) is 10.1 Å². The van der Waals surface area contributed by atoms with Crippen molar-refractivity contribution in [3.05, 3.63) is 71.3 Å². The van der Waals surface area contributed by atoms with Crippen molar-refractivity contribution in [2.45, 2.75) is 6.92 Å². The van der Waals surface area contributed by atoms with Gasteiger partial charge in [-0.1, -0.05) is 0 Å². The van der Waals surface area contributed by atoms with Crippen molar-refractivity contribution in [2.75, 3.05) is 19.1 Å². The Morgan fingerprint density at radius 1 is 0.969 bits per heavy atom. The van der Waals surface area contributed by atoms with Crippen molar-refractivity contribution < 1.29 is 23.5 Å². The molecule has 2 aromatic carbocycles. The molecule has 32 heavy (non-hydrogen) atoms. The lowest BCUT2D eigenvalue weighted by atomic mass is 10.1. The molecule has 4 aromatic rings. The second kappa shape index (κ2) is 7.16. The van der Waals surface area contributed by atoms with E-state index < -0.39 is 11.8 Å². The number of rotatable bonds is 4. The van der Waals surface area contributed by atoms with Crippen LogP contribution in [-0.2, 0) is 0 Å². The van der Waals surface area contributed by atoms with Gasteiger partial charge in [0.25, 0.3) is 11.8 Å². The molecular weight excluding hydrogens is 415 g/mol. The van der Waals surface area contributed by atoms with Crippen LogP contribution in [0.4, 0.5) is 10.1 Å². The summed E-state index contributed by atoms with van der Waals surface area (Å²) in [6, 6.07) is 10.6. The third kappa shape index (κ3) is 2.74. The molecule has 8 nitrogen and oxygen atoms in total. The first-order valence-electron chi connectivity index (χ1n) is 9.69. The first kappa shape index (κ1) is 19.7. The fraction of sp³-hybridized carbons (Fsp3) is 0.130. The largest absolute Gasteiger partial charge is 0.497 e. The van der Waals surface area contributed by atoms with E-state index in [1.54, 1.807) is 37.3 Å². The molecule has 160 valence electrons. The van der Waals surface area contributed by atoms with Gasteiger partial charge in [-0.25, -0.2) is 19.0 Å². The summed E-state index contributed by atoms with van der Waals surface area (Å²) in [5, 5.41) is 4.96. The van der Waals surface area contributed by atoms with Gasteiger partial charge in [-0.3, -0.25) is 9.59 Å². The Hall–Kier alpha value is -4.27. The second-order valence-electron chi connectivity index (χ2n) is 7.20. The minimum absolute atomic E-state index is 0.175. The third-order valence-corrected chi connectivity index (χ3v) is 5.42. The number of amides is 2. The van der Waals surface area contributed by atoms with Crippen molar-refractivity contribution in [1.82, 2.24) is 14.8 Å². The van der Waals surface area contributed by atoms with E-state index in [0.717, 1.165) is 4.90 Å². The summed E-state index contributed by atoms with van der Waals surface area (Å²) in [6.07, 6.45) is 1.37. The van der Waals surface area contributed by atoms with Gasteiger partial charge in [-0.15, -0.1) is 0 Å². The number of nitrogens with zero attached hydrogens (tertiary/aromatic N) is 4. The average molecular weight is 432 g/mol. The van der Waals surface area contributed by atoms with E-state index in [0.29, 0.717) is 33.9 Å². The highest BCUT2D eigenvalue weighted by molar-refractivity contribution is 6.37. The Morgan fingerprint density at radius 3 is 2.41 bits per heavy atom. The summed E-state index contributed by atoms with van der Waals surface area (Å²) < 4.78 is 25.5. The molecule has 2 aromatic heterocycles. The van der Waals surface area contributed by atoms with Gasteiger partial charge < -0.3 is 9.47 Å². The number of aryl methyl sites for hydroxylation is 1. The van der Waals surface area contributed by atoms with Crippen molar-refractivity contribution in [2.24, 2.45) is 0 Å². The molecular formula is C23H17FN4O4. The zero-order valence-corrected chi connectivity index (χ0v) is 17.4. The maximum absolute atomic E-state index is 13.5. The maximum Gasteiger partial charge on any atom is 0.267 e. The van der Waals surface area contributed by atoms with Crippen molar-refractivity contribution in [3.63, 3.8) is 0 Å². The molecule has 0 N–H and O–H groups in total. The predicted octanol–water partition coefficient (Wildman–Crippen LogP) is 3.69. The van der Waals surface area contributed by atoms with Crippen LogP contribution in [0.2, 0.25) is 0 Å². The standard InChI is InChI=1S/C23H17FN4O4/c1-12-19-20-16(11-25-21(19)28(26-12)14-6-4-13(24)5-7-14)22(29)27(23(20)30)17-10-15(31-2)8-9-18(17)32-3/h4-11H,1-3H3. The topological polar surface area (TPSA) is 86.6 Å². The monoisotopic (exact) mass is 432 g/mol. The molecule has 1 aliphatic rings. The average Bonchev–Trinajstić information content (AvgIpc) is 3.27. The molecule has 0 saturated heterocycles. The number of pyridine rings is 1. The molecule has 0 saturated carbocycles. The highest BCUT2D eigenvalue weighted by Gasteiger charge is 2.41. The van der Waals surface area contributed by atoms with Gasteiger partial charge in [-0.05, 0) is 43.3 Å². The quantitative estimate of drug-likeness (QED) is 0.457. The molecule has 5 rings (SSSR count). The van der Waals surface area contributed by atoms with Crippen LogP contribution in [0.1, 0.15) is 26.4 Å². The fourth-order valence-corrected chi connectivity index (χ4v) is 3.91. The molecule has 0 spiro atoms. The van der Waals surface area contributed by atoms with Gasteiger partial charge in [0, 0.05) is 12.3 Å². The van der Waals surface area contributed by atoms with E-state index in [1.165, 1.54) is 37.2 Å². The summed E-state index contributed by atoms with van der Waals surface area (Å²) in [5.41, 5.74) is 2.17. The van der Waals surface area contributed by atoms with Gasteiger partial charge >= 0.3 is 0 Å². The Balaban J connectivity index is 1.70. The number of carbonyl (C=O) groups excluding carboxylic acids is 2. The summed E-state index contributed by atoms with van der Waals surface area (Å²) in [4.78, 5) is 32.2. The number of methoxy groups -OCH3 is 2. The SMILES string of the molecule is COc1ccc(OC)c(N2C(=O)c3cnc4c(c(C)nn4-c4ccc(F)cc4)c3C2=O)c1. The van der Waals surface area contributed by atoms with Gasteiger partial charge in [0.1, 0.15) is 17.3 Å². The number of anilines is 1. The van der Waals surface area contributed by atoms with E-state index in [1.807, 2.05) is 0 Å². The summed E-state index contributed by atoms with van der Waals surface area (Å²) in [7, 11) is 2.95. The van der Waals surface area contributed by atoms with Crippen molar-refractivity contribution >= 4 is 28.5 Å². The van der Waals surface area contributed by atoms with Crippen LogP contribution in [0.25, 0.3) is 16.7 Å². The number of halogens is 1. The Labute approximate surface area is 181 Å². The lowest BCUT2D eigenvalue weighted by Gasteiger charge is -2.18. The van der Waals surface area contributed by atoms with Crippen LogP contribution >= 0.6 is 0 Å². The second-order valence-corrected chi connectivity index (χ2v) is 7.20. The highest BCUT2D eigenvalue weighted by Crippen LogP contribution is 2.39. The van der Waals surface area contributed by atoms with Crippen LogP contribution in [0.3, 0.4) is 0 Å². The van der Waals surface area contributed by atoms with Crippen LogP contribution < -0.4 is 14.4 Å². The first-order chi connectivity index (χ1) is 15.4. The molecule has 0 atom stereocenters. The number of benzene rings is 2. The van der Waals surface area contributed by atoms with Crippen LogP contribution in [0.5, 0.6) is 11.5 Å². The van der Waals surface area contributed by atoms with E-state index in [9.17, 15) is 14.0 Å². The van der Waals surface area contributed by atoms with Gasteiger partial charge in [0.05, 0.1) is 47.8 Å². The number of hydrogen-bond donors (Lipinski definition) is 0. The zero-order chi connectivity index (χ0) is 22.6. The predicted molar refractivity (Wildman–Crippen MR) is 114 cm³/mol. The molecule has 0 aliphatic carbocycles. The van der Waals surface area contributed by atoms with Crippen molar-refractivity contribution in [3.8, 4) is 17.2 Å². The Kier molecular flexibility index (Phi) is 4.40. The molecule has 2 amide bonds. The van der Waals surface area contributed by atoms with E-state index in [4.69, 9.17) is 9.47 Å². The van der Waals surface area contributed by atoms with Crippen molar-refractivity contribution in [1.29, 1.82) is 0 Å². The van der Waals surface area contributed by atoms with Gasteiger partial charge in [0.2, 0.25) is 0 Å². The van der Waals surface area contributed by atoms with Crippen LogP contribution in [0.15, 0.2) is 48.7 Å². The summed E-state index contributed by atoms with van der Waals surface area (Å²) in [6.45, 7) is 1.73. The molecule has 0 unspecified atom stereocenters. The molecule has 9 heteroatoms. The lowest BCUT2D eigenvalue weighted by molar-refractivity contribution is 0.0925. The number of hydrogen-bond acceptors (Lipinski definition) is 6. The number of aromatic nitrogens is 3. The summed E-state index contributed by atoms with van der Waals surface area (Å²) in [5.74, 6) is -0.575. The smallest absolute Gasteiger partial charge is 0.267 e. The number of carbonyl (C=O) groups is 2. The molecule has 0 bridgehead atoms. The minimum Gasteiger partial charge on any atom is -0.497 e. The number of imide groups is 1. The highest BCUT2D eigenvalue weighted by atomic mass is 19.1. The number of ether oxygens (including phenoxy) is 2. The normalized spacial score (nSPS) is 13.1. The molecule has 0 radical (unpaired) electrons. The van der Waals surface area contributed by atoms with E-state index in [-0.39, 0.29) is 22.6 Å². The Bertz CT molecular complexity index is 1410. The molecule has 1 aliphatic heterocycles. The van der Waals surface area contributed by atoms with Gasteiger partial charge in [-0.2, -0.15) is 5.10 Å². The Morgan fingerprint density at radius 2 is 1.72 bits per heavy atom. The fourth-order valence-electron chi connectivity index (χ4n) is 3.91. The van der Waals surface area contributed by atoms with Crippen LogP contribution in [-0.4, -0.2) is 40.8 Å². The third-order valence-electron chi connectivity index (χ3n) is 5.42. The lowest BCUT2D eigenvalue weighted by Crippen LogP contribution is -2.29. The first-order valence-corrected chi connectivity index (χ1v) is 9.69. The van der Waals surface area contributed by atoms with Crippen LogP contribution in [0, 0.1) is 12.7 Å². The number of fused-ring (bicyclic) bond motifs is 3. The molecule has 3 heterocycles. The maximum atomic E-state index is 13.5. The zero-order valence-electron chi connectivity index (χ0n) is 17.4. The summed E-state index contributed by atoms with van der Waals surface area (Å²) >= 11 is 0. The molecule has 0 fully saturated rings. The van der Waals surface area contributed by atoms with Gasteiger partial charge in [0.15, 0.2) is 5.65 Å². The minimum atomic E-state index is -0.514. The van der Waals surface area contributed by atoms with E-state index >= 15 is 0 Å².